The lowest BCUT2D eigenvalue weighted by molar-refractivity contribution is -0.119. The number of furan rings is 1. The SMILES string of the molecule is Cc1cc(C(=O)NNC(=O)CSc2cc(C)c3ccccc3n2)c(C)o1. The first-order valence-electron chi connectivity index (χ1n) is 8.09. The largest absolute Gasteiger partial charge is 0.466 e. The Bertz CT molecular complexity index is 981. The number of carbonyl (C=O) groups excluding carboxylic acids is 2. The first-order valence-corrected chi connectivity index (χ1v) is 9.08. The second kappa shape index (κ2) is 7.61. The lowest BCUT2D eigenvalue weighted by Gasteiger charge is -2.08. The molecule has 0 saturated heterocycles. The van der Waals surface area contributed by atoms with Crippen LogP contribution in [0.1, 0.15) is 27.4 Å². The van der Waals surface area contributed by atoms with E-state index in [1.165, 1.54) is 11.8 Å². The molecule has 2 heterocycles. The highest BCUT2D eigenvalue weighted by molar-refractivity contribution is 7.99. The van der Waals surface area contributed by atoms with Gasteiger partial charge in [-0.1, -0.05) is 30.0 Å². The zero-order chi connectivity index (χ0) is 18.7. The third-order valence-electron chi connectivity index (χ3n) is 3.85. The zero-order valence-electron chi connectivity index (χ0n) is 14.8. The molecule has 26 heavy (non-hydrogen) atoms. The number of carbonyl (C=O) groups is 2. The molecular formula is C19H19N3O3S. The highest BCUT2D eigenvalue weighted by Crippen LogP contribution is 2.23. The molecule has 2 N–H and O–H groups in total. The van der Waals surface area contributed by atoms with Gasteiger partial charge in [0.15, 0.2) is 0 Å². The van der Waals surface area contributed by atoms with E-state index in [2.05, 4.69) is 15.8 Å². The first-order chi connectivity index (χ1) is 12.4. The van der Waals surface area contributed by atoms with Gasteiger partial charge in [0.25, 0.3) is 5.91 Å². The quantitative estimate of drug-likeness (QED) is 0.544. The normalized spacial score (nSPS) is 10.7. The number of hydrogen-bond donors (Lipinski definition) is 2. The number of para-hydroxylation sites is 1. The van der Waals surface area contributed by atoms with Crippen molar-refractivity contribution in [2.24, 2.45) is 0 Å². The van der Waals surface area contributed by atoms with Crippen molar-refractivity contribution >= 4 is 34.5 Å². The Morgan fingerprint density at radius 3 is 2.62 bits per heavy atom. The molecule has 0 aliphatic rings. The van der Waals surface area contributed by atoms with E-state index < -0.39 is 5.91 Å². The van der Waals surface area contributed by atoms with Crippen molar-refractivity contribution in [1.29, 1.82) is 0 Å². The molecule has 1 aromatic carbocycles. The van der Waals surface area contributed by atoms with Crippen molar-refractivity contribution in [1.82, 2.24) is 15.8 Å². The van der Waals surface area contributed by atoms with Crippen molar-refractivity contribution in [2.45, 2.75) is 25.8 Å². The summed E-state index contributed by atoms with van der Waals surface area (Å²) in [6, 6.07) is 11.5. The number of thioether (sulfide) groups is 1. The molecule has 0 spiro atoms. The molecule has 3 rings (SSSR count). The van der Waals surface area contributed by atoms with Crippen LogP contribution in [0.5, 0.6) is 0 Å². The van der Waals surface area contributed by atoms with Crippen LogP contribution in [0, 0.1) is 20.8 Å². The fourth-order valence-electron chi connectivity index (χ4n) is 2.62. The van der Waals surface area contributed by atoms with Gasteiger partial charge in [0.1, 0.15) is 11.5 Å². The molecular weight excluding hydrogens is 350 g/mol. The van der Waals surface area contributed by atoms with Crippen LogP contribution in [0.3, 0.4) is 0 Å². The molecule has 0 atom stereocenters. The van der Waals surface area contributed by atoms with Crippen molar-refractivity contribution in [3.63, 3.8) is 0 Å². The Kier molecular flexibility index (Phi) is 5.27. The van der Waals surface area contributed by atoms with Gasteiger partial charge in [-0.15, -0.1) is 0 Å². The number of pyridine rings is 1. The molecule has 0 bridgehead atoms. The molecule has 0 aliphatic carbocycles. The number of hydrogen-bond acceptors (Lipinski definition) is 5. The molecule has 134 valence electrons. The van der Waals surface area contributed by atoms with Crippen LogP contribution in [-0.4, -0.2) is 22.6 Å². The van der Waals surface area contributed by atoms with Crippen LogP contribution in [0.2, 0.25) is 0 Å². The second-order valence-electron chi connectivity index (χ2n) is 5.91. The Hall–Kier alpha value is -2.80. The van der Waals surface area contributed by atoms with Gasteiger partial charge in [-0.25, -0.2) is 4.98 Å². The summed E-state index contributed by atoms with van der Waals surface area (Å²) in [6.45, 7) is 5.48. The number of hydrazine groups is 1. The summed E-state index contributed by atoms with van der Waals surface area (Å²) >= 11 is 1.32. The Balaban J connectivity index is 1.56. The fraction of sp³-hybridized carbons (Fsp3) is 0.211. The Morgan fingerprint density at radius 1 is 1.12 bits per heavy atom. The van der Waals surface area contributed by atoms with Crippen molar-refractivity contribution in [3.05, 3.63) is 59.0 Å². The molecule has 7 heteroatoms. The maximum absolute atomic E-state index is 12.0. The highest BCUT2D eigenvalue weighted by atomic mass is 32.2. The predicted octanol–water partition coefficient (Wildman–Crippen LogP) is 3.31. The summed E-state index contributed by atoms with van der Waals surface area (Å²) in [5.41, 5.74) is 7.22. The minimum absolute atomic E-state index is 0.147. The summed E-state index contributed by atoms with van der Waals surface area (Å²) in [5.74, 6) is 0.590. The smallest absolute Gasteiger partial charge is 0.273 e. The van der Waals surface area contributed by atoms with E-state index in [1.807, 2.05) is 37.3 Å². The number of benzene rings is 1. The standard InChI is InChI=1S/C19H19N3O3S/c1-11-8-18(20-16-7-5-4-6-14(11)16)26-10-17(23)21-22-19(24)15-9-12(2)25-13(15)3/h4-9H,10H2,1-3H3,(H,21,23)(H,22,24). The van der Waals surface area contributed by atoms with Crippen LogP contribution in [0.4, 0.5) is 0 Å². The van der Waals surface area contributed by atoms with Crippen LogP contribution in [0.15, 0.2) is 45.8 Å². The monoisotopic (exact) mass is 369 g/mol. The molecule has 2 amide bonds. The van der Waals surface area contributed by atoms with Crippen molar-refractivity contribution < 1.29 is 14.0 Å². The van der Waals surface area contributed by atoms with E-state index in [4.69, 9.17) is 4.42 Å². The van der Waals surface area contributed by atoms with Gasteiger partial charge >= 0.3 is 0 Å². The number of fused-ring (bicyclic) bond motifs is 1. The molecule has 0 saturated carbocycles. The zero-order valence-corrected chi connectivity index (χ0v) is 15.6. The van der Waals surface area contributed by atoms with Gasteiger partial charge in [-0.05, 0) is 44.5 Å². The number of rotatable bonds is 4. The van der Waals surface area contributed by atoms with Gasteiger partial charge in [0, 0.05) is 5.39 Å². The molecule has 6 nitrogen and oxygen atoms in total. The average molecular weight is 369 g/mol. The summed E-state index contributed by atoms with van der Waals surface area (Å²) in [4.78, 5) is 28.6. The lowest BCUT2D eigenvalue weighted by atomic mass is 10.1. The molecule has 3 aromatic rings. The molecule has 2 aromatic heterocycles. The summed E-state index contributed by atoms with van der Waals surface area (Å²) in [5, 5.41) is 1.86. The lowest BCUT2D eigenvalue weighted by Crippen LogP contribution is -2.42. The van der Waals surface area contributed by atoms with Crippen molar-refractivity contribution in [2.75, 3.05) is 5.75 Å². The van der Waals surface area contributed by atoms with Crippen LogP contribution in [-0.2, 0) is 4.79 Å². The highest BCUT2D eigenvalue weighted by Gasteiger charge is 2.14. The Morgan fingerprint density at radius 2 is 1.88 bits per heavy atom. The third-order valence-corrected chi connectivity index (χ3v) is 4.76. The van der Waals surface area contributed by atoms with Crippen LogP contribution >= 0.6 is 11.8 Å². The summed E-state index contributed by atoms with van der Waals surface area (Å²) in [6.07, 6.45) is 0. The molecule has 0 fully saturated rings. The predicted molar refractivity (Wildman–Crippen MR) is 101 cm³/mol. The van der Waals surface area contributed by atoms with E-state index in [9.17, 15) is 9.59 Å². The van der Waals surface area contributed by atoms with Gasteiger partial charge in [-0.3, -0.25) is 20.4 Å². The molecule has 0 unspecified atom stereocenters. The fourth-order valence-corrected chi connectivity index (χ4v) is 3.39. The minimum Gasteiger partial charge on any atom is -0.466 e. The number of nitrogens with zero attached hydrogens (tertiary/aromatic N) is 1. The van der Waals surface area contributed by atoms with Gasteiger partial charge in [0.2, 0.25) is 5.91 Å². The first kappa shape index (κ1) is 18.0. The topological polar surface area (TPSA) is 84.2 Å². The number of aryl methyl sites for hydroxylation is 3. The van der Waals surface area contributed by atoms with E-state index in [0.717, 1.165) is 21.5 Å². The summed E-state index contributed by atoms with van der Waals surface area (Å²) < 4.78 is 5.31. The maximum Gasteiger partial charge on any atom is 0.273 e. The van der Waals surface area contributed by atoms with E-state index >= 15 is 0 Å². The van der Waals surface area contributed by atoms with Gasteiger partial charge in [0.05, 0.1) is 21.9 Å². The van der Waals surface area contributed by atoms with Gasteiger partial charge < -0.3 is 4.42 Å². The van der Waals surface area contributed by atoms with Crippen LogP contribution < -0.4 is 10.9 Å². The summed E-state index contributed by atoms with van der Waals surface area (Å²) in [7, 11) is 0. The second-order valence-corrected chi connectivity index (χ2v) is 6.91. The average Bonchev–Trinajstić information content (AvgIpc) is 2.96. The Labute approximate surface area is 155 Å². The van der Waals surface area contributed by atoms with Crippen molar-refractivity contribution in [3.8, 4) is 0 Å². The number of aromatic nitrogens is 1. The van der Waals surface area contributed by atoms with Gasteiger partial charge in [-0.2, -0.15) is 0 Å². The number of amides is 2. The van der Waals surface area contributed by atoms with E-state index in [-0.39, 0.29) is 11.7 Å². The third kappa shape index (κ3) is 4.05. The molecule has 0 radical (unpaired) electrons. The number of nitrogens with one attached hydrogen (secondary N) is 2. The van der Waals surface area contributed by atoms with Crippen LogP contribution in [0.25, 0.3) is 10.9 Å². The maximum atomic E-state index is 12.0. The van der Waals surface area contributed by atoms with E-state index in [0.29, 0.717) is 17.1 Å². The molecule has 0 aliphatic heterocycles. The minimum atomic E-state index is -0.405. The van der Waals surface area contributed by atoms with E-state index in [1.54, 1.807) is 19.9 Å².